The maximum Gasteiger partial charge on any atom is 0.161 e. The predicted molar refractivity (Wildman–Crippen MR) is 97.7 cm³/mol. The summed E-state index contributed by atoms with van der Waals surface area (Å²) < 4.78 is 10.5. The molecule has 0 amide bonds. The van der Waals surface area contributed by atoms with E-state index in [1.807, 2.05) is 0 Å². The lowest BCUT2D eigenvalue weighted by Crippen LogP contribution is -2.10. The van der Waals surface area contributed by atoms with Crippen molar-refractivity contribution in [1.82, 2.24) is 0 Å². The second-order valence-corrected chi connectivity index (χ2v) is 5.61. The summed E-state index contributed by atoms with van der Waals surface area (Å²) in [4.78, 5) is 0. The van der Waals surface area contributed by atoms with Crippen molar-refractivity contribution in [2.75, 3.05) is 14.2 Å². The summed E-state index contributed by atoms with van der Waals surface area (Å²) in [5, 5.41) is 28.5. The number of methoxy groups -OCH3 is 2. The van der Waals surface area contributed by atoms with Gasteiger partial charge in [0.1, 0.15) is 11.5 Å². The third-order valence-corrected chi connectivity index (χ3v) is 3.99. The summed E-state index contributed by atoms with van der Waals surface area (Å²) in [6, 6.07) is 8.16. The van der Waals surface area contributed by atoms with Crippen molar-refractivity contribution in [2.24, 2.45) is 5.73 Å². The van der Waals surface area contributed by atoms with Gasteiger partial charge < -0.3 is 25.4 Å². The van der Waals surface area contributed by atoms with Crippen molar-refractivity contribution in [3.63, 3.8) is 0 Å². The Kier molecular flexibility index (Phi) is 5.22. The molecule has 0 atom stereocenters. The molecule has 0 spiro atoms. The molecule has 0 unspecified atom stereocenters. The van der Waals surface area contributed by atoms with Crippen molar-refractivity contribution < 1.29 is 19.7 Å². The quantitative estimate of drug-likeness (QED) is 0.624. The molecule has 0 saturated heterocycles. The van der Waals surface area contributed by atoms with Crippen LogP contribution in [0.4, 0.5) is 0 Å². The van der Waals surface area contributed by atoms with Gasteiger partial charge in [0.2, 0.25) is 0 Å². The number of phenols is 2. The second kappa shape index (κ2) is 7.17. The van der Waals surface area contributed by atoms with Gasteiger partial charge in [0.05, 0.1) is 19.9 Å². The fourth-order valence-electron chi connectivity index (χ4n) is 2.59. The number of rotatable bonds is 5. The first-order valence-electron chi connectivity index (χ1n) is 7.61. The van der Waals surface area contributed by atoms with Crippen LogP contribution >= 0.6 is 0 Å². The van der Waals surface area contributed by atoms with E-state index in [-0.39, 0.29) is 22.8 Å². The van der Waals surface area contributed by atoms with Gasteiger partial charge in [0.25, 0.3) is 0 Å². The van der Waals surface area contributed by atoms with Crippen LogP contribution in [0.3, 0.4) is 0 Å². The smallest absolute Gasteiger partial charge is 0.161 e. The Morgan fingerprint density at radius 3 is 2.24 bits per heavy atom. The zero-order chi connectivity index (χ0) is 18.7. The van der Waals surface area contributed by atoms with E-state index >= 15 is 0 Å². The highest BCUT2D eigenvalue weighted by Crippen LogP contribution is 2.35. The van der Waals surface area contributed by atoms with E-state index in [4.69, 9.17) is 20.6 Å². The number of ether oxygens (including phenoxy) is 2. The summed E-state index contributed by atoms with van der Waals surface area (Å²) in [7, 11) is 3.07. The minimum absolute atomic E-state index is 0.0323. The van der Waals surface area contributed by atoms with Crippen LogP contribution in [0.15, 0.2) is 36.0 Å². The lowest BCUT2D eigenvalue weighted by Gasteiger charge is -2.16. The molecule has 2 aromatic rings. The Labute approximate surface area is 146 Å². The Balaban J connectivity index is 2.59. The molecular formula is C19H22N2O4. The van der Waals surface area contributed by atoms with Crippen LogP contribution in [-0.4, -0.2) is 30.1 Å². The summed E-state index contributed by atoms with van der Waals surface area (Å²) in [5.74, 6) is 0.896. The van der Waals surface area contributed by atoms with Crippen molar-refractivity contribution in [2.45, 2.75) is 13.8 Å². The van der Waals surface area contributed by atoms with Crippen molar-refractivity contribution >= 4 is 11.3 Å². The van der Waals surface area contributed by atoms with E-state index < -0.39 is 0 Å². The van der Waals surface area contributed by atoms with E-state index in [0.717, 1.165) is 0 Å². The molecule has 0 bridgehead atoms. The lowest BCUT2D eigenvalue weighted by molar-refractivity contribution is 0.355. The maximum atomic E-state index is 10.3. The normalized spacial score (nSPS) is 11.7. The monoisotopic (exact) mass is 342 g/mol. The van der Waals surface area contributed by atoms with Gasteiger partial charge in [-0.2, -0.15) is 0 Å². The third kappa shape index (κ3) is 3.38. The molecule has 6 heteroatoms. The number of phenolic OH excluding ortho intramolecular Hbond substituents is 2. The fourth-order valence-corrected chi connectivity index (χ4v) is 2.59. The zero-order valence-corrected chi connectivity index (χ0v) is 14.7. The summed E-state index contributed by atoms with van der Waals surface area (Å²) in [6.45, 7) is 3.27. The van der Waals surface area contributed by atoms with Crippen molar-refractivity contribution in [3.8, 4) is 23.0 Å². The molecule has 0 aliphatic carbocycles. The van der Waals surface area contributed by atoms with Crippen molar-refractivity contribution in [3.05, 3.63) is 52.7 Å². The average molecular weight is 342 g/mol. The van der Waals surface area contributed by atoms with Crippen LogP contribution in [0.25, 0.3) is 5.57 Å². The Morgan fingerprint density at radius 2 is 1.68 bits per heavy atom. The van der Waals surface area contributed by atoms with Gasteiger partial charge in [0.15, 0.2) is 11.5 Å². The van der Waals surface area contributed by atoms with Crippen molar-refractivity contribution in [1.29, 1.82) is 5.41 Å². The SMILES string of the molecule is COc1ccc(/C(C(=N)c2ccc(O)c(C)c2O)=C(\C)N)cc1OC. The van der Waals surface area contributed by atoms with Crippen LogP contribution in [-0.2, 0) is 0 Å². The number of nitrogens with one attached hydrogen (secondary N) is 1. The van der Waals surface area contributed by atoms with E-state index in [9.17, 15) is 10.2 Å². The van der Waals surface area contributed by atoms with E-state index in [0.29, 0.717) is 33.9 Å². The number of benzene rings is 2. The average Bonchev–Trinajstić information content (AvgIpc) is 2.59. The maximum absolute atomic E-state index is 10.3. The molecule has 5 N–H and O–H groups in total. The van der Waals surface area contributed by atoms with E-state index in [1.165, 1.54) is 19.2 Å². The van der Waals surface area contributed by atoms with Crippen LogP contribution in [0.5, 0.6) is 23.0 Å². The van der Waals surface area contributed by atoms with Gasteiger partial charge in [0, 0.05) is 22.4 Å². The Morgan fingerprint density at radius 1 is 1.04 bits per heavy atom. The minimum Gasteiger partial charge on any atom is -0.508 e. The highest BCUT2D eigenvalue weighted by Gasteiger charge is 2.19. The highest BCUT2D eigenvalue weighted by molar-refractivity contribution is 6.31. The molecule has 0 aliphatic rings. The Bertz CT molecular complexity index is 853. The molecule has 0 radical (unpaired) electrons. The molecule has 0 saturated carbocycles. The summed E-state index contributed by atoms with van der Waals surface area (Å²) in [6.07, 6.45) is 0. The molecular weight excluding hydrogens is 320 g/mol. The van der Waals surface area contributed by atoms with Gasteiger partial charge in [-0.05, 0) is 43.7 Å². The summed E-state index contributed by atoms with van der Waals surface area (Å²) >= 11 is 0. The largest absolute Gasteiger partial charge is 0.508 e. The Hall–Kier alpha value is -3.15. The molecule has 0 fully saturated rings. The minimum atomic E-state index is -0.149. The lowest BCUT2D eigenvalue weighted by atomic mass is 9.92. The van der Waals surface area contributed by atoms with E-state index in [1.54, 1.807) is 39.2 Å². The van der Waals surface area contributed by atoms with Crippen LogP contribution in [0.2, 0.25) is 0 Å². The fraction of sp³-hybridized carbons (Fsp3) is 0.211. The molecule has 6 nitrogen and oxygen atoms in total. The molecule has 0 heterocycles. The van der Waals surface area contributed by atoms with Crippen LogP contribution < -0.4 is 15.2 Å². The topological polar surface area (TPSA) is 109 Å². The zero-order valence-electron chi connectivity index (χ0n) is 14.7. The molecule has 2 rings (SSSR count). The molecule has 132 valence electrons. The first kappa shape index (κ1) is 18.2. The third-order valence-electron chi connectivity index (χ3n) is 3.99. The standard InChI is InChI=1S/C19H22N2O4/c1-10-14(22)7-6-13(19(10)23)18(21)17(11(2)20)12-5-8-15(24-3)16(9-12)25-4/h5-9,21-23H,20H2,1-4H3/b17-11-,21-18?. The molecule has 2 aromatic carbocycles. The first-order valence-corrected chi connectivity index (χ1v) is 7.61. The second-order valence-electron chi connectivity index (χ2n) is 5.61. The number of aromatic hydroxyl groups is 2. The predicted octanol–water partition coefficient (Wildman–Crippen LogP) is 3.18. The number of nitrogens with two attached hydrogens (primary N) is 1. The van der Waals surface area contributed by atoms with Gasteiger partial charge in [-0.3, -0.25) is 5.41 Å². The van der Waals surface area contributed by atoms with E-state index in [2.05, 4.69) is 0 Å². The highest BCUT2D eigenvalue weighted by atomic mass is 16.5. The number of hydrogen-bond donors (Lipinski definition) is 4. The molecule has 0 aliphatic heterocycles. The first-order chi connectivity index (χ1) is 11.8. The van der Waals surface area contributed by atoms with Gasteiger partial charge in [-0.1, -0.05) is 6.07 Å². The molecule has 0 aromatic heterocycles. The molecule has 25 heavy (non-hydrogen) atoms. The van der Waals surface area contributed by atoms with Gasteiger partial charge in [-0.25, -0.2) is 0 Å². The van der Waals surface area contributed by atoms with Crippen LogP contribution in [0, 0.1) is 12.3 Å². The summed E-state index contributed by atoms with van der Waals surface area (Å²) in [5.41, 5.74) is 8.20. The number of hydrogen-bond acceptors (Lipinski definition) is 6. The number of allylic oxidation sites excluding steroid dienone is 2. The van der Waals surface area contributed by atoms with Gasteiger partial charge in [-0.15, -0.1) is 0 Å². The van der Waals surface area contributed by atoms with Gasteiger partial charge >= 0.3 is 0 Å². The van der Waals surface area contributed by atoms with Crippen LogP contribution in [0.1, 0.15) is 23.6 Å².